The number of phenols is 1. The Kier molecular flexibility index (Phi) is 8.31. The lowest BCUT2D eigenvalue weighted by molar-refractivity contribution is -0.148. The third-order valence-corrected chi connectivity index (χ3v) is 11.9. The minimum Gasteiger partial charge on any atom is -0.510 e. The summed E-state index contributed by atoms with van der Waals surface area (Å²) in [5.74, 6) is -7.30. The molecule has 0 radical (unpaired) electrons. The van der Waals surface area contributed by atoms with Gasteiger partial charge < -0.3 is 31.5 Å². The average molecular weight is 676 g/mol. The number of aliphatic hydroxyl groups is 3. The number of aromatic hydroxyl groups is 1. The van der Waals surface area contributed by atoms with Gasteiger partial charge in [0.25, 0.3) is 5.91 Å². The molecule has 1 aromatic carbocycles. The van der Waals surface area contributed by atoms with Gasteiger partial charge in [0.05, 0.1) is 17.2 Å². The molecule has 6 atom stereocenters. The summed E-state index contributed by atoms with van der Waals surface area (Å²) in [5.41, 5.74) is -1.71. The zero-order chi connectivity index (χ0) is 35.2. The van der Waals surface area contributed by atoms with Crippen LogP contribution in [0.4, 0.5) is 13.2 Å². The lowest BCUT2D eigenvalue weighted by Gasteiger charge is -2.50. The first kappa shape index (κ1) is 34.4. The molecule has 0 heterocycles. The molecule has 0 saturated heterocycles. The Hall–Kier alpha value is -3.42. The van der Waals surface area contributed by atoms with Gasteiger partial charge in [-0.15, -0.1) is 0 Å². The van der Waals surface area contributed by atoms with Crippen LogP contribution in [-0.2, 0) is 28.7 Å². The average Bonchev–Trinajstić information content (AvgIpc) is 2.96. The smallest absolute Gasteiger partial charge is 0.417 e. The molecule has 2 saturated carbocycles. The Morgan fingerprint density at radius 3 is 2.25 bits per heavy atom. The third-order valence-electron chi connectivity index (χ3n) is 11.9. The van der Waals surface area contributed by atoms with Crippen molar-refractivity contribution >= 4 is 17.5 Å². The minimum absolute atomic E-state index is 0.191. The SMILES string of the molecule is CCC1CC2CC(C1)CC(C)(NCc1cc(O)c3c(c1C(F)(F)F)C[C@H]1C[C@H]4[C@H](N(C)C)C(O)=C(C(N)=O)C(=O)[C@@]4(O)C(O)=C1C3=O)C2. The quantitative estimate of drug-likeness (QED) is 0.241. The molecule has 5 aliphatic rings. The Morgan fingerprint density at radius 1 is 1.08 bits per heavy atom. The van der Waals surface area contributed by atoms with Gasteiger partial charge in [0.15, 0.2) is 11.4 Å². The van der Waals surface area contributed by atoms with Crippen molar-refractivity contribution in [3.63, 3.8) is 0 Å². The van der Waals surface area contributed by atoms with Crippen molar-refractivity contribution < 1.29 is 48.0 Å². The molecule has 5 aliphatic carbocycles. The molecule has 7 N–H and O–H groups in total. The standard InChI is InChI=1S/C35H44F3N3O7/c1-5-15-6-16-8-17(7-15)13-33(2,12-16)40-14-19-11-22(42)24-20(26(19)35(36,37)38)9-18-10-21-27(41(3)4)29(44)25(32(39)47)31(46)34(21,48)30(45)23(18)28(24)43/h11,15-18,21,27,40,42,44-45,48H,5-10,12-14H2,1-4H3,(H2,39,47)/t15?,16?,17?,18-,21-,27-,33?,34-/m0/s1. The van der Waals surface area contributed by atoms with Gasteiger partial charge in [-0.2, -0.15) is 13.2 Å². The van der Waals surface area contributed by atoms with Crippen LogP contribution in [0.5, 0.6) is 5.75 Å². The van der Waals surface area contributed by atoms with Crippen LogP contribution < -0.4 is 11.1 Å². The highest BCUT2D eigenvalue weighted by Crippen LogP contribution is 2.54. The fourth-order valence-corrected chi connectivity index (χ4v) is 10.1. The summed E-state index contributed by atoms with van der Waals surface area (Å²) in [6.07, 6.45) is 0.485. The first-order valence-corrected chi connectivity index (χ1v) is 16.7. The van der Waals surface area contributed by atoms with Crippen molar-refractivity contribution in [2.75, 3.05) is 14.1 Å². The number of nitrogens with one attached hydrogen (secondary N) is 1. The number of benzene rings is 1. The number of phenolic OH excluding ortho intramolecular Hbond substituents is 1. The van der Waals surface area contributed by atoms with Crippen LogP contribution in [0, 0.1) is 29.6 Å². The maximum absolute atomic E-state index is 15.0. The number of aliphatic hydroxyl groups excluding tert-OH is 2. The molecule has 0 aromatic heterocycles. The Labute approximate surface area is 276 Å². The number of amides is 1. The summed E-state index contributed by atoms with van der Waals surface area (Å²) in [7, 11) is 2.96. The van der Waals surface area contributed by atoms with Crippen LogP contribution in [-0.4, -0.2) is 74.1 Å². The van der Waals surface area contributed by atoms with Crippen LogP contribution in [0.2, 0.25) is 0 Å². The van der Waals surface area contributed by atoms with Gasteiger partial charge in [-0.05, 0) is 107 Å². The molecule has 2 bridgehead atoms. The normalized spacial score (nSPS) is 35.0. The van der Waals surface area contributed by atoms with E-state index < -0.39 is 104 Å². The third kappa shape index (κ3) is 5.24. The van der Waals surface area contributed by atoms with E-state index in [0.29, 0.717) is 17.8 Å². The lowest BCUT2D eigenvalue weighted by Crippen LogP contribution is -2.63. The molecule has 48 heavy (non-hydrogen) atoms. The van der Waals surface area contributed by atoms with Crippen LogP contribution in [0.1, 0.15) is 85.8 Å². The number of primary amides is 1. The molecule has 6 rings (SSSR count). The van der Waals surface area contributed by atoms with E-state index in [1.54, 1.807) is 0 Å². The molecule has 10 nitrogen and oxygen atoms in total. The summed E-state index contributed by atoms with van der Waals surface area (Å²) in [6, 6.07) is -0.310. The van der Waals surface area contributed by atoms with E-state index in [2.05, 4.69) is 12.2 Å². The van der Waals surface area contributed by atoms with E-state index in [9.17, 15) is 48.0 Å². The van der Waals surface area contributed by atoms with Gasteiger partial charge in [0.1, 0.15) is 22.8 Å². The topological polar surface area (TPSA) is 173 Å². The van der Waals surface area contributed by atoms with Gasteiger partial charge >= 0.3 is 6.18 Å². The molecule has 1 amide bonds. The lowest BCUT2D eigenvalue weighted by atomic mass is 9.58. The van der Waals surface area contributed by atoms with Crippen LogP contribution in [0.15, 0.2) is 28.7 Å². The number of allylic oxidation sites excluding steroid dienone is 1. The van der Waals surface area contributed by atoms with E-state index in [-0.39, 0.29) is 18.5 Å². The monoisotopic (exact) mass is 675 g/mol. The molecular weight excluding hydrogens is 631 g/mol. The number of nitrogens with two attached hydrogens (primary N) is 1. The summed E-state index contributed by atoms with van der Waals surface area (Å²) in [5, 5.41) is 48.6. The molecular formula is C35H44F3N3O7. The predicted octanol–water partition coefficient (Wildman–Crippen LogP) is 4.22. The zero-order valence-corrected chi connectivity index (χ0v) is 27.6. The number of fused-ring (bicyclic) bond motifs is 5. The number of Topliss-reactive ketones (excluding diaryl/α,β-unsaturated/α-hetero) is 2. The van der Waals surface area contributed by atoms with Crippen LogP contribution >= 0.6 is 0 Å². The minimum atomic E-state index is -4.91. The number of ketones is 2. The fraction of sp³-hybridized carbons (Fsp3) is 0.629. The Balaban J connectivity index is 1.40. The van der Waals surface area contributed by atoms with Gasteiger partial charge in [0, 0.05) is 23.6 Å². The van der Waals surface area contributed by atoms with E-state index >= 15 is 0 Å². The Bertz CT molecular complexity index is 1640. The second-order valence-corrected chi connectivity index (χ2v) is 15.3. The highest BCUT2D eigenvalue weighted by Gasteiger charge is 2.63. The summed E-state index contributed by atoms with van der Waals surface area (Å²) in [6.45, 7) is 4.04. The first-order chi connectivity index (χ1) is 22.3. The van der Waals surface area contributed by atoms with Gasteiger partial charge in [-0.1, -0.05) is 13.3 Å². The van der Waals surface area contributed by atoms with Crippen LogP contribution in [0.25, 0.3) is 0 Å². The maximum atomic E-state index is 15.0. The molecule has 0 aliphatic heterocycles. The van der Waals surface area contributed by atoms with E-state index in [0.717, 1.165) is 44.6 Å². The molecule has 1 aromatic rings. The predicted molar refractivity (Wildman–Crippen MR) is 168 cm³/mol. The number of hydrogen-bond donors (Lipinski definition) is 6. The van der Waals surface area contributed by atoms with Crippen molar-refractivity contribution in [1.29, 1.82) is 0 Å². The summed E-state index contributed by atoms with van der Waals surface area (Å²) in [4.78, 5) is 41.0. The van der Waals surface area contributed by atoms with Crippen molar-refractivity contribution in [3.8, 4) is 5.75 Å². The number of carbonyl (C=O) groups excluding carboxylic acids is 3. The maximum Gasteiger partial charge on any atom is 0.417 e. The highest BCUT2D eigenvalue weighted by molar-refractivity contribution is 6.24. The molecule has 262 valence electrons. The zero-order valence-electron chi connectivity index (χ0n) is 27.6. The van der Waals surface area contributed by atoms with Gasteiger partial charge in [-0.3, -0.25) is 19.3 Å². The second kappa shape index (κ2) is 11.6. The van der Waals surface area contributed by atoms with Crippen molar-refractivity contribution in [2.24, 2.45) is 35.3 Å². The molecule has 0 spiro atoms. The molecule has 13 heteroatoms. The van der Waals surface area contributed by atoms with E-state index in [1.807, 2.05) is 6.92 Å². The fourth-order valence-electron chi connectivity index (χ4n) is 10.1. The van der Waals surface area contributed by atoms with E-state index in [1.165, 1.54) is 19.0 Å². The summed E-state index contributed by atoms with van der Waals surface area (Å²) < 4.78 is 45.0. The van der Waals surface area contributed by atoms with Crippen molar-refractivity contribution in [2.45, 2.75) is 95.1 Å². The number of nitrogens with zero attached hydrogens (tertiary/aromatic N) is 1. The van der Waals surface area contributed by atoms with Crippen LogP contribution in [0.3, 0.4) is 0 Å². The highest BCUT2D eigenvalue weighted by atomic mass is 19.4. The number of alkyl halides is 3. The second-order valence-electron chi connectivity index (χ2n) is 15.3. The van der Waals surface area contributed by atoms with Gasteiger partial charge in [0.2, 0.25) is 5.78 Å². The molecule has 2 unspecified atom stereocenters. The number of rotatable bonds is 6. The number of halogens is 3. The Morgan fingerprint density at radius 2 is 1.71 bits per heavy atom. The van der Waals surface area contributed by atoms with E-state index in [4.69, 9.17) is 5.73 Å². The largest absolute Gasteiger partial charge is 0.510 e. The number of hydrogen-bond acceptors (Lipinski definition) is 9. The first-order valence-electron chi connectivity index (χ1n) is 16.7. The summed E-state index contributed by atoms with van der Waals surface area (Å²) >= 11 is 0. The molecule has 2 fully saturated rings. The number of likely N-dealkylation sites (N-methyl/N-ethyl adjacent to an activating group) is 1. The van der Waals surface area contributed by atoms with Crippen molar-refractivity contribution in [1.82, 2.24) is 10.2 Å². The van der Waals surface area contributed by atoms with Crippen molar-refractivity contribution in [3.05, 3.63) is 51.0 Å². The number of carbonyl (C=O) groups is 3. The van der Waals surface area contributed by atoms with Gasteiger partial charge in [-0.25, -0.2) is 0 Å².